The zero-order chi connectivity index (χ0) is 8.85. The van der Waals surface area contributed by atoms with Gasteiger partial charge in [0.1, 0.15) is 0 Å². The molecule has 0 aromatic rings. The third-order valence-corrected chi connectivity index (χ3v) is 0.968. The zero-order valence-corrected chi connectivity index (χ0v) is 6.79. The smallest absolute Gasteiger partial charge is 0.420 e. The minimum atomic E-state index is -0.845. The van der Waals surface area contributed by atoms with Gasteiger partial charge in [0.05, 0.1) is 5.92 Å². The highest BCUT2D eigenvalue weighted by Crippen LogP contribution is 2.00. The van der Waals surface area contributed by atoms with Crippen LogP contribution in [0.15, 0.2) is 0 Å². The predicted molar refractivity (Wildman–Crippen MR) is 37.2 cm³/mol. The Balaban J connectivity index is 3.65. The Labute approximate surface area is 65.5 Å². The molecule has 0 aliphatic heterocycles. The second-order valence-electron chi connectivity index (χ2n) is 2.36. The normalized spacial score (nSPS) is 12.4. The molecule has 0 saturated heterocycles. The fourth-order valence-corrected chi connectivity index (χ4v) is 0.391. The summed E-state index contributed by atoms with van der Waals surface area (Å²) in [7, 11) is 0. The highest BCUT2D eigenvalue weighted by atomic mass is 16.7. The molecule has 0 saturated carbocycles. The Hall–Kier alpha value is -1.06. The van der Waals surface area contributed by atoms with Crippen molar-refractivity contribution >= 4 is 12.4 Å². The summed E-state index contributed by atoms with van der Waals surface area (Å²) in [5.41, 5.74) is 0. The van der Waals surface area contributed by atoms with Gasteiger partial charge in [0, 0.05) is 6.92 Å². The summed E-state index contributed by atoms with van der Waals surface area (Å²) in [6.45, 7) is 6.02. The predicted octanol–water partition coefficient (Wildman–Crippen LogP) is 0.615. The van der Waals surface area contributed by atoms with E-state index in [0.717, 1.165) is 0 Å². The fourth-order valence-electron chi connectivity index (χ4n) is 0.391. The van der Waals surface area contributed by atoms with Crippen LogP contribution in [0.3, 0.4) is 0 Å². The van der Waals surface area contributed by atoms with Crippen LogP contribution in [-0.2, 0) is 19.1 Å². The summed E-state index contributed by atoms with van der Waals surface area (Å²) in [6.07, 6.45) is -0.845. The molecule has 0 aliphatic carbocycles. The molecule has 63 valence electrons. The van der Waals surface area contributed by atoms with E-state index < -0.39 is 12.3 Å². The maximum atomic E-state index is 10.8. The Morgan fingerprint density at radius 1 is 1.36 bits per heavy atom. The monoisotopic (exact) mass is 159 g/mol. The fraction of sp³-hybridized carbons (Fsp3) is 0.714. The van der Waals surface area contributed by atoms with E-state index in [2.05, 4.69) is 9.47 Å². The van der Waals surface area contributed by atoms with Crippen LogP contribution in [0.5, 0.6) is 0 Å². The van der Waals surface area contributed by atoms with E-state index in [1.807, 2.05) is 0 Å². The number of ether oxygens (including phenoxy) is 2. The van der Waals surface area contributed by atoms with Crippen LogP contribution in [0.4, 0.5) is 0 Å². The van der Waals surface area contributed by atoms with Crippen LogP contribution in [0.1, 0.15) is 20.8 Å². The largest absolute Gasteiger partial charge is 0.425 e. The van der Waals surface area contributed by atoms with Gasteiger partial charge in [-0.15, -0.1) is 0 Å². The van der Waals surface area contributed by atoms with Crippen molar-refractivity contribution in [2.45, 2.75) is 27.1 Å². The van der Waals surface area contributed by atoms with E-state index in [0.29, 0.717) is 0 Å². The summed E-state index contributed by atoms with van der Waals surface area (Å²) in [6, 6.07) is 0. The lowest BCUT2D eigenvalue weighted by Gasteiger charge is -2.11. The molecule has 11 heavy (non-hydrogen) atoms. The van der Waals surface area contributed by atoms with Crippen molar-refractivity contribution in [3.8, 4) is 0 Å². The summed E-state index contributed by atoms with van der Waals surface area (Å²) < 4.78 is 8.84. The van der Waals surface area contributed by atoms with E-state index in [9.17, 15) is 9.59 Å². The summed E-state index contributed by atoms with van der Waals surface area (Å²) >= 11 is 0. The van der Waals surface area contributed by atoms with Crippen LogP contribution in [0, 0.1) is 5.92 Å². The van der Waals surface area contributed by atoms with Crippen LogP contribution >= 0.6 is 0 Å². The van der Waals surface area contributed by atoms with Gasteiger partial charge in [-0.1, -0.05) is 13.8 Å². The van der Waals surface area contributed by atoms with Crippen LogP contribution in [0.2, 0.25) is 0 Å². The van der Waals surface area contributed by atoms with Crippen molar-refractivity contribution in [3.05, 3.63) is 0 Å². The number of hydrogen-bond donors (Lipinski definition) is 0. The van der Waals surface area contributed by atoms with Crippen molar-refractivity contribution in [1.29, 1.82) is 0 Å². The number of carbonyl (C=O) groups excluding carboxylic acids is 2. The minimum absolute atomic E-state index is 0.215. The third kappa shape index (κ3) is 4.36. The Kier molecular flexibility index (Phi) is 4.26. The van der Waals surface area contributed by atoms with Crippen molar-refractivity contribution < 1.29 is 19.1 Å². The lowest BCUT2D eigenvalue weighted by atomic mass is 10.2. The zero-order valence-electron chi connectivity index (χ0n) is 6.79. The van der Waals surface area contributed by atoms with Gasteiger partial charge in [0.2, 0.25) is 6.29 Å². The van der Waals surface area contributed by atoms with E-state index in [1.165, 1.54) is 13.4 Å². The SMILES string of the molecule is CC(C)C(=O)O[C@@H](C)O[C]=O. The first-order valence-electron chi connectivity index (χ1n) is 3.31. The second-order valence-corrected chi connectivity index (χ2v) is 2.36. The molecular formula is C7H11O4. The summed E-state index contributed by atoms with van der Waals surface area (Å²) in [4.78, 5) is 20.4. The van der Waals surface area contributed by atoms with E-state index in [1.54, 1.807) is 13.8 Å². The molecule has 0 aliphatic rings. The van der Waals surface area contributed by atoms with Crippen molar-refractivity contribution in [3.63, 3.8) is 0 Å². The molecule has 0 heterocycles. The minimum Gasteiger partial charge on any atom is -0.425 e. The molecule has 0 N–H and O–H groups in total. The average Bonchev–Trinajstić information content (AvgIpc) is 1.87. The van der Waals surface area contributed by atoms with Gasteiger partial charge >= 0.3 is 12.4 Å². The molecule has 4 nitrogen and oxygen atoms in total. The molecule has 0 amide bonds. The van der Waals surface area contributed by atoms with E-state index in [-0.39, 0.29) is 5.92 Å². The molecule has 0 spiro atoms. The quantitative estimate of drug-likeness (QED) is 0.445. The molecule has 1 radical (unpaired) electrons. The van der Waals surface area contributed by atoms with Crippen molar-refractivity contribution in [2.75, 3.05) is 0 Å². The van der Waals surface area contributed by atoms with E-state index >= 15 is 0 Å². The Bertz CT molecular complexity index is 141. The summed E-state index contributed by atoms with van der Waals surface area (Å²) in [5, 5.41) is 0. The van der Waals surface area contributed by atoms with Gasteiger partial charge in [-0.25, -0.2) is 4.79 Å². The molecular weight excluding hydrogens is 148 g/mol. The molecule has 0 unspecified atom stereocenters. The standard InChI is InChI=1S/C7H11O4/c1-5(2)7(9)11-6(3)10-4-8/h5-6H,1-3H3/t6-/m0/s1. The van der Waals surface area contributed by atoms with Gasteiger partial charge in [-0.3, -0.25) is 4.79 Å². The van der Waals surface area contributed by atoms with Gasteiger partial charge in [-0.2, -0.15) is 0 Å². The van der Waals surface area contributed by atoms with E-state index in [4.69, 9.17) is 0 Å². The third-order valence-electron chi connectivity index (χ3n) is 0.968. The van der Waals surface area contributed by atoms with Crippen LogP contribution in [-0.4, -0.2) is 18.7 Å². The topological polar surface area (TPSA) is 52.6 Å². The maximum Gasteiger partial charge on any atom is 0.420 e. The molecule has 0 aromatic heterocycles. The lowest BCUT2D eigenvalue weighted by Crippen LogP contribution is -2.20. The number of esters is 1. The maximum absolute atomic E-state index is 10.8. The number of hydrogen-bond acceptors (Lipinski definition) is 4. The second kappa shape index (κ2) is 4.71. The van der Waals surface area contributed by atoms with Crippen molar-refractivity contribution in [2.24, 2.45) is 5.92 Å². The molecule has 0 rings (SSSR count). The first-order chi connectivity index (χ1) is 5.07. The van der Waals surface area contributed by atoms with Crippen LogP contribution in [0.25, 0.3) is 0 Å². The highest BCUT2D eigenvalue weighted by molar-refractivity contribution is 5.71. The average molecular weight is 159 g/mol. The highest BCUT2D eigenvalue weighted by Gasteiger charge is 2.12. The first-order valence-corrected chi connectivity index (χ1v) is 3.31. The Morgan fingerprint density at radius 2 is 1.91 bits per heavy atom. The van der Waals surface area contributed by atoms with Gasteiger partial charge < -0.3 is 9.47 Å². The molecule has 1 atom stereocenters. The van der Waals surface area contributed by atoms with Gasteiger partial charge in [0.15, 0.2) is 0 Å². The first kappa shape index (κ1) is 9.94. The van der Waals surface area contributed by atoms with Gasteiger partial charge in [-0.05, 0) is 0 Å². The number of carbonyl (C=O) groups is 1. The molecule has 4 heteroatoms. The molecule has 0 bridgehead atoms. The Morgan fingerprint density at radius 3 is 2.27 bits per heavy atom. The van der Waals surface area contributed by atoms with Crippen LogP contribution < -0.4 is 0 Å². The van der Waals surface area contributed by atoms with Gasteiger partial charge in [0.25, 0.3) is 0 Å². The summed E-state index contributed by atoms with van der Waals surface area (Å²) in [5.74, 6) is -0.611. The lowest BCUT2D eigenvalue weighted by molar-refractivity contribution is -0.166. The molecule has 0 aromatic carbocycles. The number of rotatable bonds is 4. The van der Waals surface area contributed by atoms with Crippen molar-refractivity contribution in [1.82, 2.24) is 0 Å². The molecule has 0 fully saturated rings.